The number of carbonyl (C=O) groups excluding carboxylic acids is 1. The van der Waals surface area contributed by atoms with Crippen LogP contribution in [0.4, 0.5) is 0 Å². The first-order chi connectivity index (χ1) is 9.25. The van der Waals surface area contributed by atoms with Gasteiger partial charge in [-0.3, -0.25) is 4.79 Å². The number of hydrogen-bond donors (Lipinski definition) is 2. The van der Waals surface area contributed by atoms with Gasteiger partial charge < -0.3 is 19.8 Å². The minimum atomic E-state index is -0.432. The fraction of sp³-hybridized carbons (Fsp3) is 0.643. The molecule has 0 bridgehead atoms. The SMILES string of the molecule is CC(OCC1CCCCN1)C(=O)NCc1ccco1. The number of rotatable bonds is 6. The van der Waals surface area contributed by atoms with Crippen LogP contribution in [0.25, 0.3) is 0 Å². The van der Waals surface area contributed by atoms with Gasteiger partial charge >= 0.3 is 0 Å². The molecular formula is C14H22N2O3. The summed E-state index contributed by atoms with van der Waals surface area (Å²) in [6.45, 7) is 3.82. The molecule has 1 fully saturated rings. The summed E-state index contributed by atoms with van der Waals surface area (Å²) in [6.07, 6.45) is 4.76. The Bertz CT molecular complexity index is 372. The molecule has 5 heteroatoms. The predicted molar refractivity (Wildman–Crippen MR) is 71.6 cm³/mol. The molecule has 2 unspecified atom stereocenters. The van der Waals surface area contributed by atoms with Crippen LogP contribution in [0.3, 0.4) is 0 Å². The second-order valence-electron chi connectivity index (χ2n) is 4.92. The Morgan fingerprint density at radius 2 is 2.53 bits per heavy atom. The van der Waals surface area contributed by atoms with Gasteiger partial charge in [-0.1, -0.05) is 6.42 Å². The standard InChI is InChI=1S/C14H22N2O3/c1-11(19-10-12-5-2-3-7-15-12)14(17)16-9-13-6-4-8-18-13/h4,6,8,11-12,15H,2-3,5,7,9-10H2,1H3,(H,16,17). The highest BCUT2D eigenvalue weighted by Crippen LogP contribution is 2.08. The van der Waals surface area contributed by atoms with E-state index in [1.807, 2.05) is 6.07 Å². The highest BCUT2D eigenvalue weighted by Gasteiger charge is 2.17. The molecule has 1 aromatic heterocycles. The van der Waals surface area contributed by atoms with Crippen molar-refractivity contribution in [1.82, 2.24) is 10.6 Å². The Kier molecular flexibility index (Phi) is 5.42. The lowest BCUT2D eigenvalue weighted by atomic mass is 10.1. The molecule has 0 spiro atoms. The molecule has 1 amide bonds. The summed E-state index contributed by atoms with van der Waals surface area (Å²) in [6, 6.07) is 4.02. The number of carbonyl (C=O) groups is 1. The lowest BCUT2D eigenvalue weighted by Gasteiger charge is -2.24. The molecule has 0 aliphatic carbocycles. The van der Waals surface area contributed by atoms with Crippen LogP contribution in [0.2, 0.25) is 0 Å². The van der Waals surface area contributed by atoms with Gasteiger partial charge in [0.25, 0.3) is 0 Å². The van der Waals surface area contributed by atoms with E-state index in [2.05, 4.69) is 10.6 Å². The number of amides is 1. The number of furan rings is 1. The minimum absolute atomic E-state index is 0.104. The van der Waals surface area contributed by atoms with Gasteiger partial charge in [-0.15, -0.1) is 0 Å². The Labute approximate surface area is 113 Å². The highest BCUT2D eigenvalue weighted by atomic mass is 16.5. The summed E-state index contributed by atoms with van der Waals surface area (Å²) in [7, 11) is 0. The molecule has 2 atom stereocenters. The van der Waals surface area contributed by atoms with Crippen LogP contribution in [-0.2, 0) is 16.1 Å². The van der Waals surface area contributed by atoms with Crippen molar-refractivity contribution in [2.45, 2.75) is 44.9 Å². The summed E-state index contributed by atoms with van der Waals surface area (Å²) in [4.78, 5) is 11.8. The molecule has 1 saturated heterocycles. The third-order valence-corrected chi connectivity index (χ3v) is 3.35. The Hall–Kier alpha value is -1.33. The normalized spacial score (nSPS) is 21.0. The second-order valence-corrected chi connectivity index (χ2v) is 4.92. The first-order valence-corrected chi connectivity index (χ1v) is 6.91. The molecular weight excluding hydrogens is 244 g/mol. The van der Waals surface area contributed by atoms with Crippen molar-refractivity contribution < 1.29 is 13.9 Å². The molecule has 0 saturated carbocycles. The van der Waals surface area contributed by atoms with Crippen LogP contribution in [-0.4, -0.2) is 31.2 Å². The molecule has 2 N–H and O–H groups in total. The number of ether oxygens (including phenoxy) is 1. The van der Waals surface area contributed by atoms with Crippen LogP contribution in [0.5, 0.6) is 0 Å². The number of hydrogen-bond acceptors (Lipinski definition) is 4. The molecule has 0 radical (unpaired) electrons. The number of nitrogens with one attached hydrogen (secondary N) is 2. The Morgan fingerprint density at radius 1 is 1.63 bits per heavy atom. The molecule has 2 rings (SSSR count). The van der Waals surface area contributed by atoms with Gasteiger partial charge in [0.05, 0.1) is 19.4 Å². The molecule has 19 heavy (non-hydrogen) atoms. The van der Waals surface area contributed by atoms with Crippen molar-refractivity contribution in [2.75, 3.05) is 13.2 Å². The van der Waals surface area contributed by atoms with Crippen LogP contribution in [0.1, 0.15) is 31.9 Å². The van der Waals surface area contributed by atoms with E-state index in [-0.39, 0.29) is 5.91 Å². The van der Waals surface area contributed by atoms with Crippen molar-refractivity contribution >= 4 is 5.91 Å². The average Bonchev–Trinajstić information content (AvgIpc) is 2.96. The van der Waals surface area contributed by atoms with Crippen molar-refractivity contribution in [2.24, 2.45) is 0 Å². The molecule has 1 aromatic rings. The minimum Gasteiger partial charge on any atom is -0.467 e. The van der Waals surface area contributed by atoms with Crippen LogP contribution in [0.15, 0.2) is 22.8 Å². The molecule has 5 nitrogen and oxygen atoms in total. The monoisotopic (exact) mass is 266 g/mol. The zero-order chi connectivity index (χ0) is 13.5. The van der Waals surface area contributed by atoms with E-state index in [1.54, 1.807) is 19.3 Å². The van der Waals surface area contributed by atoms with E-state index in [1.165, 1.54) is 12.8 Å². The van der Waals surface area contributed by atoms with Gasteiger partial charge in [-0.2, -0.15) is 0 Å². The molecule has 1 aliphatic heterocycles. The Morgan fingerprint density at radius 3 is 3.21 bits per heavy atom. The first-order valence-electron chi connectivity index (χ1n) is 6.91. The first kappa shape index (κ1) is 14.1. The topological polar surface area (TPSA) is 63.5 Å². The second kappa shape index (κ2) is 7.31. The fourth-order valence-corrected chi connectivity index (χ4v) is 2.13. The maximum absolute atomic E-state index is 11.8. The van der Waals surface area contributed by atoms with Gasteiger partial charge in [0.2, 0.25) is 5.91 Å². The fourth-order valence-electron chi connectivity index (χ4n) is 2.13. The van der Waals surface area contributed by atoms with E-state index >= 15 is 0 Å². The van der Waals surface area contributed by atoms with E-state index in [4.69, 9.17) is 9.15 Å². The van der Waals surface area contributed by atoms with E-state index in [0.29, 0.717) is 19.2 Å². The van der Waals surface area contributed by atoms with E-state index in [9.17, 15) is 4.79 Å². The summed E-state index contributed by atoms with van der Waals surface area (Å²) >= 11 is 0. The maximum atomic E-state index is 11.8. The van der Waals surface area contributed by atoms with Crippen molar-refractivity contribution in [3.05, 3.63) is 24.2 Å². The third kappa shape index (κ3) is 4.69. The van der Waals surface area contributed by atoms with Crippen LogP contribution in [0, 0.1) is 0 Å². The summed E-state index contributed by atoms with van der Waals surface area (Å²) < 4.78 is 10.8. The lowest BCUT2D eigenvalue weighted by molar-refractivity contribution is -0.132. The number of piperidine rings is 1. The summed E-state index contributed by atoms with van der Waals surface area (Å²) in [5, 5.41) is 6.19. The smallest absolute Gasteiger partial charge is 0.249 e. The van der Waals surface area contributed by atoms with Gasteiger partial charge in [0.15, 0.2) is 0 Å². The summed E-state index contributed by atoms with van der Waals surface area (Å²) in [5.74, 6) is 0.640. The highest BCUT2D eigenvalue weighted by molar-refractivity contribution is 5.80. The van der Waals surface area contributed by atoms with E-state index < -0.39 is 6.10 Å². The van der Waals surface area contributed by atoms with Crippen molar-refractivity contribution in [3.8, 4) is 0 Å². The maximum Gasteiger partial charge on any atom is 0.249 e. The summed E-state index contributed by atoms with van der Waals surface area (Å²) in [5.41, 5.74) is 0. The third-order valence-electron chi connectivity index (χ3n) is 3.35. The molecule has 106 valence electrons. The zero-order valence-corrected chi connectivity index (χ0v) is 11.4. The van der Waals surface area contributed by atoms with Crippen molar-refractivity contribution in [3.63, 3.8) is 0 Å². The molecule has 1 aliphatic rings. The van der Waals surface area contributed by atoms with Gasteiger partial charge in [0.1, 0.15) is 11.9 Å². The Balaban J connectivity index is 1.64. The zero-order valence-electron chi connectivity index (χ0n) is 11.4. The largest absolute Gasteiger partial charge is 0.467 e. The van der Waals surface area contributed by atoms with Crippen LogP contribution < -0.4 is 10.6 Å². The van der Waals surface area contributed by atoms with E-state index in [0.717, 1.165) is 18.7 Å². The van der Waals surface area contributed by atoms with Gasteiger partial charge in [-0.25, -0.2) is 0 Å². The quantitative estimate of drug-likeness (QED) is 0.818. The average molecular weight is 266 g/mol. The van der Waals surface area contributed by atoms with Gasteiger partial charge in [0, 0.05) is 6.04 Å². The molecule has 0 aromatic carbocycles. The lowest BCUT2D eigenvalue weighted by Crippen LogP contribution is -2.41. The predicted octanol–water partition coefficient (Wildman–Crippen LogP) is 1.44. The van der Waals surface area contributed by atoms with Gasteiger partial charge in [-0.05, 0) is 38.4 Å². The van der Waals surface area contributed by atoms with Crippen LogP contribution >= 0.6 is 0 Å². The molecule has 2 heterocycles. The van der Waals surface area contributed by atoms with Crippen molar-refractivity contribution in [1.29, 1.82) is 0 Å².